The summed E-state index contributed by atoms with van der Waals surface area (Å²) in [5, 5.41) is 10.9. The smallest absolute Gasteiger partial charge is 0.618 e. The van der Waals surface area contributed by atoms with E-state index in [0.29, 0.717) is 9.76 Å². The molecule has 0 aromatic carbocycles. The van der Waals surface area contributed by atoms with Crippen molar-refractivity contribution in [1.82, 2.24) is 0 Å². The van der Waals surface area contributed by atoms with Gasteiger partial charge in [-0.2, -0.15) is 4.73 Å². The Bertz CT molecular complexity index is 173. The molecule has 0 fully saturated rings. The molecule has 0 atom stereocenters. The number of aromatic nitrogens is 1. The molecule has 0 bridgehead atoms. The van der Waals surface area contributed by atoms with Crippen molar-refractivity contribution in [3.05, 3.63) is 29.6 Å². The molecule has 2 nitrogen and oxygen atoms in total. The van der Waals surface area contributed by atoms with Gasteiger partial charge in [0.1, 0.15) is 0 Å². The molecule has 0 aliphatic carbocycles. The first-order valence-electron chi connectivity index (χ1n) is 2.18. The largest absolute Gasteiger partial charge is 2.00 e. The third-order valence-electron chi connectivity index (χ3n) is 0.804. The van der Waals surface area contributed by atoms with E-state index < -0.39 is 0 Å². The van der Waals surface area contributed by atoms with Crippen LogP contribution in [0.5, 0.6) is 0 Å². The number of hydrogen-bond acceptors (Lipinski definition) is 2. The van der Waals surface area contributed by atoms with Crippen molar-refractivity contribution in [2.45, 2.75) is 5.03 Å². The Morgan fingerprint density at radius 1 is 1.44 bits per heavy atom. The Morgan fingerprint density at radius 3 is 2.44 bits per heavy atom. The van der Waals surface area contributed by atoms with E-state index in [1.807, 2.05) is 0 Å². The maximum absolute atomic E-state index is 10.5. The first kappa shape index (κ1) is 8.82. The number of hydrogen-bond donors (Lipinski definition) is 1. The summed E-state index contributed by atoms with van der Waals surface area (Å²) in [6, 6.07) is 5.06. The molecule has 0 aliphatic heterocycles. The fourth-order valence-corrected chi connectivity index (χ4v) is 0.572. The van der Waals surface area contributed by atoms with E-state index in [1.165, 1.54) is 6.20 Å². The molecule has 0 saturated heterocycles. The van der Waals surface area contributed by atoms with Crippen molar-refractivity contribution >= 4 is 12.6 Å². The van der Waals surface area contributed by atoms with E-state index in [2.05, 4.69) is 12.6 Å². The molecule has 1 heterocycles. The summed E-state index contributed by atoms with van der Waals surface area (Å²) in [6.07, 6.45) is 1.41. The van der Waals surface area contributed by atoms with Gasteiger partial charge in [0.25, 0.3) is 0 Å². The SMILES string of the molecule is [Cu+2].[O-][n+]1ccccc1S. The third kappa shape index (κ3) is 2.26. The molecule has 0 spiro atoms. The van der Waals surface area contributed by atoms with Gasteiger partial charge in [-0.25, -0.2) is 0 Å². The van der Waals surface area contributed by atoms with Gasteiger partial charge in [0.05, 0.1) is 0 Å². The Balaban J connectivity index is 0.000000640. The molecule has 1 radical (unpaired) electrons. The predicted octanol–water partition coefficient (Wildman–Crippen LogP) is 0.606. The zero-order valence-corrected chi connectivity index (χ0v) is 6.25. The Hall–Kier alpha value is -0.181. The molecule has 0 unspecified atom stereocenters. The van der Waals surface area contributed by atoms with E-state index >= 15 is 0 Å². The number of rotatable bonds is 0. The predicted molar refractivity (Wildman–Crippen MR) is 32.7 cm³/mol. The zero-order valence-electron chi connectivity index (χ0n) is 4.41. The van der Waals surface area contributed by atoms with Crippen molar-refractivity contribution in [2.75, 3.05) is 0 Å². The van der Waals surface area contributed by atoms with Gasteiger partial charge >= 0.3 is 17.1 Å². The van der Waals surface area contributed by atoms with Crippen LogP contribution < -0.4 is 4.73 Å². The van der Waals surface area contributed by atoms with Crippen LogP contribution in [0.4, 0.5) is 0 Å². The minimum absolute atomic E-state index is 0. The van der Waals surface area contributed by atoms with Gasteiger partial charge in [-0.05, 0) is 6.07 Å². The van der Waals surface area contributed by atoms with Crippen LogP contribution in [0, 0.1) is 5.21 Å². The van der Waals surface area contributed by atoms with Crippen LogP contribution in [-0.4, -0.2) is 0 Å². The van der Waals surface area contributed by atoms with E-state index in [9.17, 15) is 5.21 Å². The topological polar surface area (TPSA) is 26.9 Å². The normalized spacial score (nSPS) is 8.11. The molecule has 1 aromatic heterocycles. The molecule has 0 aliphatic rings. The minimum atomic E-state index is 0. The second-order valence-electron chi connectivity index (χ2n) is 1.38. The average molecular weight is 191 g/mol. The summed E-state index contributed by atoms with van der Waals surface area (Å²) in [6.45, 7) is 0. The molecule has 4 heteroatoms. The van der Waals surface area contributed by atoms with E-state index in [4.69, 9.17) is 0 Å². The zero-order chi connectivity index (χ0) is 5.98. The molecule has 0 N–H and O–H groups in total. The minimum Gasteiger partial charge on any atom is -0.618 e. The van der Waals surface area contributed by atoms with E-state index in [-0.39, 0.29) is 17.1 Å². The fourth-order valence-electron chi connectivity index (χ4n) is 0.419. The Morgan fingerprint density at radius 2 is 2.11 bits per heavy atom. The Kier molecular flexibility index (Phi) is 3.70. The number of thiol groups is 1. The van der Waals surface area contributed by atoms with Gasteiger partial charge in [0, 0.05) is 12.1 Å². The van der Waals surface area contributed by atoms with E-state index in [1.54, 1.807) is 18.2 Å². The first-order valence-corrected chi connectivity index (χ1v) is 2.62. The van der Waals surface area contributed by atoms with Crippen molar-refractivity contribution < 1.29 is 21.8 Å². The summed E-state index contributed by atoms with van der Waals surface area (Å²) in [5.41, 5.74) is 0. The maximum Gasteiger partial charge on any atom is 2.00 e. The average Bonchev–Trinajstić information content (AvgIpc) is 1.77. The molecule has 0 saturated carbocycles. The van der Waals surface area contributed by atoms with Crippen molar-refractivity contribution in [3.8, 4) is 0 Å². The van der Waals surface area contributed by atoms with E-state index in [0.717, 1.165) is 0 Å². The van der Waals surface area contributed by atoms with Crippen LogP contribution in [0.3, 0.4) is 0 Å². The summed E-state index contributed by atoms with van der Waals surface area (Å²) in [7, 11) is 0. The molecular formula is C5H5CuNOS+2. The van der Waals surface area contributed by atoms with Gasteiger partial charge < -0.3 is 5.21 Å². The van der Waals surface area contributed by atoms with Crippen LogP contribution in [0.25, 0.3) is 0 Å². The van der Waals surface area contributed by atoms with Crippen LogP contribution in [-0.2, 0) is 17.1 Å². The fraction of sp³-hybridized carbons (Fsp3) is 0. The molecular weight excluding hydrogens is 186 g/mol. The van der Waals surface area contributed by atoms with Gasteiger partial charge in [0.2, 0.25) is 5.03 Å². The van der Waals surface area contributed by atoms with Crippen molar-refractivity contribution in [2.24, 2.45) is 0 Å². The van der Waals surface area contributed by atoms with Gasteiger partial charge in [-0.15, -0.1) is 0 Å². The molecule has 1 rings (SSSR count). The molecule has 1 aromatic rings. The molecule has 51 valence electrons. The van der Waals surface area contributed by atoms with Crippen molar-refractivity contribution in [3.63, 3.8) is 0 Å². The maximum atomic E-state index is 10.5. The first-order chi connectivity index (χ1) is 3.80. The van der Waals surface area contributed by atoms with Crippen LogP contribution >= 0.6 is 12.6 Å². The van der Waals surface area contributed by atoms with Gasteiger partial charge in [-0.1, -0.05) is 12.6 Å². The summed E-state index contributed by atoms with van der Waals surface area (Å²) in [4.78, 5) is 0. The summed E-state index contributed by atoms with van der Waals surface area (Å²) in [5.74, 6) is 0. The standard InChI is InChI=1S/C5H5NOS.Cu/c7-6-4-2-1-3-5(6)8;/h1-4,8H;/q;+2. The number of nitrogens with zero attached hydrogens (tertiary/aromatic N) is 1. The van der Waals surface area contributed by atoms with Crippen LogP contribution in [0.15, 0.2) is 29.4 Å². The summed E-state index contributed by atoms with van der Waals surface area (Å²) < 4.78 is 0.698. The summed E-state index contributed by atoms with van der Waals surface area (Å²) >= 11 is 3.85. The van der Waals surface area contributed by atoms with Gasteiger partial charge in [-0.3, -0.25) is 0 Å². The van der Waals surface area contributed by atoms with Crippen LogP contribution in [0.1, 0.15) is 0 Å². The quantitative estimate of drug-likeness (QED) is 0.276. The molecule has 9 heavy (non-hydrogen) atoms. The van der Waals surface area contributed by atoms with Gasteiger partial charge in [0.15, 0.2) is 6.20 Å². The monoisotopic (exact) mass is 190 g/mol. The number of pyridine rings is 1. The third-order valence-corrected chi connectivity index (χ3v) is 1.15. The molecule has 0 amide bonds. The Labute approximate surface area is 69.4 Å². The van der Waals surface area contributed by atoms with Crippen LogP contribution in [0.2, 0.25) is 0 Å². The second kappa shape index (κ2) is 3.77. The van der Waals surface area contributed by atoms with Crippen molar-refractivity contribution in [1.29, 1.82) is 0 Å². The second-order valence-corrected chi connectivity index (χ2v) is 1.84.